The van der Waals surface area contributed by atoms with Gasteiger partial charge in [-0.05, 0) is 42.7 Å². The number of benzene rings is 1. The van der Waals surface area contributed by atoms with E-state index in [1.54, 1.807) is 0 Å². The molecule has 2 aromatic rings. The lowest BCUT2D eigenvalue weighted by Gasteiger charge is -2.19. The van der Waals surface area contributed by atoms with E-state index in [1.807, 2.05) is 23.5 Å². The Hall–Kier alpha value is -0.830. The number of hydrogen-bond donors (Lipinski definition) is 1. The van der Waals surface area contributed by atoms with Gasteiger partial charge in [0.05, 0.1) is 0 Å². The maximum atomic E-state index is 6.16. The Morgan fingerprint density at radius 2 is 1.90 bits per heavy atom. The van der Waals surface area contributed by atoms with Crippen LogP contribution < -0.4 is 5.32 Å². The molecule has 0 bridgehead atoms. The van der Waals surface area contributed by atoms with E-state index < -0.39 is 0 Å². The van der Waals surface area contributed by atoms with Gasteiger partial charge in [-0.15, -0.1) is 11.3 Å². The minimum Gasteiger partial charge on any atom is -0.314 e. The van der Waals surface area contributed by atoms with Gasteiger partial charge >= 0.3 is 0 Å². The zero-order valence-electron chi connectivity index (χ0n) is 13.0. The summed E-state index contributed by atoms with van der Waals surface area (Å²) in [6.45, 7) is 7.58. The zero-order valence-corrected chi connectivity index (χ0v) is 14.6. The van der Waals surface area contributed by atoms with Crippen LogP contribution >= 0.6 is 22.9 Å². The first-order chi connectivity index (χ1) is 10.1. The van der Waals surface area contributed by atoms with Crippen molar-refractivity contribution in [2.45, 2.75) is 45.6 Å². The van der Waals surface area contributed by atoms with Crippen LogP contribution in [0.15, 0.2) is 36.4 Å². The van der Waals surface area contributed by atoms with Crippen LogP contribution in [0.4, 0.5) is 0 Å². The van der Waals surface area contributed by atoms with Gasteiger partial charge in [0.2, 0.25) is 0 Å². The Morgan fingerprint density at radius 1 is 1.14 bits per heavy atom. The normalized spacial score (nSPS) is 12.8. The van der Waals surface area contributed by atoms with Crippen LogP contribution in [0.2, 0.25) is 5.02 Å². The molecule has 114 valence electrons. The minimum absolute atomic E-state index is 0.467. The first-order valence-corrected chi connectivity index (χ1v) is 8.84. The molecule has 0 aliphatic heterocycles. The smallest absolute Gasteiger partial charge is 0.0408 e. The molecule has 3 heteroatoms. The number of thiophene rings is 1. The van der Waals surface area contributed by atoms with E-state index in [0.717, 1.165) is 24.4 Å². The van der Waals surface area contributed by atoms with Gasteiger partial charge in [-0.3, -0.25) is 0 Å². The first kappa shape index (κ1) is 16.5. The largest absolute Gasteiger partial charge is 0.314 e. The van der Waals surface area contributed by atoms with Crippen molar-refractivity contribution in [3.8, 4) is 0 Å². The Kier molecular flexibility index (Phi) is 6.28. The summed E-state index contributed by atoms with van der Waals surface area (Å²) < 4.78 is 0. The van der Waals surface area contributed by atoms with Crippen molar-refractivity contribution >= 4 is 22.9 Å². The van der Waals surface area contributed by atoms with E-state index in [-0.39, 0.29) is 0 Å². The van der Waals surface area contributed by atoms with Gasteiger partial charge < -0.3 is 5.32 Å². The zero-order chi connectivity index (χ0) is 15.2. The summed E-state index contributed by atoms with van der Waals surface area (Å²) in [7, 11) is 0. The molecule has 1 atom stereocenters. The average Bonchev–Trinajstić information content (AvgIpc) is 2.91. The van der Waals surface area contributed by atoms with Gasteiger partial charge in [0.15, 0.2) is 0 Å². The summed E-state index contributed by atoms with van der Waals surface area (Å²) in [5, 5.41) is 4.39. The third-order valence-corrected chi connectivity index (χ3v) is 5.09. The maximum Gasteiger partial charge on any atom is 0.0408 e. The summed E-state index contributed by atoms with van der Waals surface area (Å²) in [5.74, 6) is 0.467. The monoisotopic (exact) mass is 321 g/mol. The summed E-state index contributed by atoms with van der Waals surface area (Å²) in [6, 6.07) is 13.3. The summed E-state index contributed by atoms with van der Waals surface area (Å²) in [5.41, 5.74) is 1.32. The van der Waals surface area contributed by atoms with E-state index in [2.05, 4.69) is 50.4 Å². The van der Waals surface area contributed by atoms with Crippen molar-refractivity contribution in [2.75, 3.05) is 6.54 Å². The van der Waals surface area contributed by atoms with E-state index in [1.165, 1.54) is 15.3 Å². The molecule has 0 fully saturated rings. The van der Waals surface area contributed by atoms with Gasteiger partial charge in [-0.2, -0.15) is 0 Å². The lowest BCUT2D eigenvalue weighted by Crippen LogP contribution is -2.28. The highest BCUT2D eigenvalue weighted by Gasteiger charge is 2.14. The second kappa shape index (κ2) is 7.98. The highest BCUT2D eigenvalue weighted by Crippen LogP contribution is 2.27. The Balaban J connectivity index is 2.15. The second-order valence-electron chi connectivity index (χ2n) is 5.74. The molecule has 1 nitrogen and oxygen atoms in total. The molecule has 0 radical (unpaired) electrons. The van der Waals surface area contributed by atoms with E-state index in [9.17, 15) is 0 Å². The van der Waals surface area contributed by atoms with Crippen LogP contribution in [0.25, 0.3) is 0 Å². The van der Waals surface area contributed by atoms with Crippen molar-refractivity contribution < 1.29 is 0 Å². The fourth-order valence-corrected chi connectivity index (χ4v) is 3.65. The fourth-order valence-electron chi connectivity index (χ4n) is 2.41. The summed E-state index contributed by atoms with van der Waals surface area (Å²) in [4.78, 5) is 2.93. The Morgan fingerprint density at radius 3 is 2.52 bits per heavy atom. The van der Waals surface area contributed by atoms with Gasteiger partial charge in [0, 0.05) is 33.3 Å². The van der Waals surface area contributed by atoms with Gasteiger partial charge in [-0.25, -0.2) is 0 Å². The first-order valence-electron chi connectivity index (χ1n) is 7.65. The Labute approximate surface area is 137 Å². The van der Waals surface area contributed by atoms with Crippen molar-refractivity contribution in [3.63, 3.8) is 0 Å². The second-order valence-corrected chi connectivity index (χ2v) is 7.43. The molecular formula is C18H24ClNS. The number of rotatable bonds is 7. The van der Waals surface area contributed by atoms with E-state index >= 15 is 0 Å². The molecule has 0 aliphatic carbocycles. The van der Waals surface area contributed by atoms with Crippen LogP contribution in [0, 0.1) is 0 Å². The molecule has 21 heavy (non-hydrogen) atoms. The van der Waals surface area contributed by atoms with E-state index in [0.29, 0.717) is 12.0 Å². The molecule has 0 saturated carbocycles. The molecule has 0 spiro atoms. The lowest BCUT2D eigenvalue weighted by atomic mass is 9.94. The third kappa shape index (κ3) is 5.14. The highest BCUT2D eigenvalue weighted by molar-refractivity contribution is 7.11. The predicted octanol–water partition coefficient (Wildman–Crippen LogP) is 5.29. The van der Waals surface area contributed by atoms with E-state index in [4.69, 9.17) is 11.6 Å². The van der Waals surface area contributed by atoms with Gasteiger partial charge in [0.25, 0.3) is 0 Å². The molecule has 0 amide bonds. The standard InChI is InChI=1S/C18H24ClNS/c1-4-17-8-9-18(21-17)11-15(12-20-13(2)3)14-6-5-7-16(19)10-14/h5-10,13,15,20H,4,11-12H2,1-3H3. The fraction of sp³-hybridized carbons (Fsp3) is 0.444. The maximum absolute atomic E-state index is 6.16. The van der Waals surface area contributed by atoms with Gasteiger partial charge in [0.1, 0.15) is 0 Å². The molecular weight excluding hydrogens is 298 g/mol. The molecule has 0 saturated heterocycles. The van der Waals surface area contributed by atoms with Crippen molar-refractivity contribution in [1.29, 1.82) is 0 Å². The number of hydrogen-bond acceptors (Lipinski definition) is 2. The molecule has 1 N–H and O–H groups in total. The van der Waals surface area contributed by atoms with Gasteiger partial charge in [-0.1, -0.05) is 44.5 Å². The van der Waals surface area contributed by atoms with Crippen LogP contribution in [-0.4, -0.2) is 12.6 Å². The number of aryl methyl sites for hydroxylation is 1. The van der Waals surface area contributed by atoms with Crippen LogP contribution in [0.3, 0.4) is 0 Å². The number of halogens is 1. The molecule has 1 aromatic heterocycles. The SMILES string of the molecule is CCc1ccc(CC(CNC(C)C)c2cccc(Cl)c2)s1. The van der Waals surface area contributed by atoms with Crippen molar-refractivity contribution in [3.05, 3.63) is 56.7 Å². The molecule has 0 aliphatic rings. The quantitative estimate of drug-likeness (QED) is 0.730. The van der Waals surface area contributed by atoms with Crippen molar-refractivity contribution in [1.82, 2.24) is 5.32 Å². The van der Waals surface area contributed by atoms with Crippen LogP contribution in [-0.2, 0) is 12.8 Å². The lowest BCUT2D eigenvalue weighted by molar-refractivity contribution is 0.528. The molecule has 1 unspecified atom stereocenters. The molecule has 2 rings (SSSR count). The third-order valence-electron chi connectivity index (χ3n) is 3.61. The van der Waals surface area contributed by atoms with Crippen molar-refractivity contribution in [2.24, 2.45) is 0 Å². The molecule has 1 aromatic carbocycles. The number of nitrogens with one attached hydrogen (secondary N) is 1. The highest BCUT2D eigenvalue weighted by atomic mass is 35.5. The average molecular weight is 322 g/mol. The van der Waals surface area contributed by atoms with Crippen LogP contribution in [0.5, 0.6) is 0 Å². The summed E-state index contributed by atoms with van der Waals surface area (Å²) in [6.07, 6.45) is 2.20. The molecule has 1 heterocycles. The summed E-state index contributed by atoms with van der Waals surface area (Å²) >= 11 is 8.10. The minimum atomic E-state index is 0.467. The van der Waals surface area contributed by atoms with Crippen LogP contribution in [0.1, 0.15) is 42.0 Å². The predicted molar refractivity (Wildman–Crippen MR) is 94.7 cm³/mol. The topological polar surface area (TPSA) is 12.0 Å². The Bertz CT molecular complexity index is 562.